The molecule has 20 heavy (non-hydrogen) atoms. The average Bonchev–Trinajstić information content (AvgIpc) is 2.44. The molecule has 0 bridgehead atoms. The zero-order chi connectivity index (χ0) is 15.0. The lowest BCUT2D eigenvalue weighted by atomic mass is 10.1. The number of benzene rings is 1. The van der Waals surface area contributed by atoms with Crippen LogP contribution < -0.4 is 0 Å². The third kappa shape index (κ3) is 5.65. The fraction of sp³-hybridized carbons (Fsp3) is 0.467. The first-order chi connectivity index (χ1) is 9.54. The number of amides is 1. The molecule has 1 N–H and O–H groups in total. The predicted octanol–water partition coefficient (Wildman–Crippen LogP) is 2.63. The van der Waals surface area contributed by atoms with E-state index in [4.69, 9.17) is 5.11 Å². The second-order valence-corrected chi connectivity index (χ2v) is 5.64. The van der Waals surface area contributed by atoms with Crippen LogP contribution >= 0.6 is 11.8 Å². The summed E-state index contributed by atoms with van der Waals surface area (Å²) in [5.74, 6) is -0.718. The molecule has 0 saturated heterocycles. The maximum atomic E-state index is 12.2. The van der Waals surface area contributed by atoms with Crippen molar-refractivity contribution < 1.29 is 14.7 Å². The molecule has 0 aliphatic carbocycles. The van der Waals surface area contributed by atoms with Crippen LogP contribution in [0.1, 0.15) is 25.8 Å². The van der Waals surface area contributed by atoms with E-state index in [9.17, 15) is 9.59 Å². The molecule has 1 aromatic rings. The number of thioether (sulfide) groups is 1. The molecule has 1 atom stereocenters. The van der Waals surface area contributed by atoms with Gasteiger partial charge in [0.2, 0.25) is 5.91 Å². The number of carbonyl (C=O) groups excluding carboxylic acids is 1. The Balaban J connectivity index is 2.64. The Kier molecular flexibility index (Phi) is 7.15. The van der Waals surface area contributed by atoms with Crippen LogP contribution in [0.4, 0.5) is 0 Å². The minimum atomic E-state index is -0.888. The Morgan fingerprint density at radius 1 is 1.25 bits per heavy atom. The van der Waals surface area contributed by atoms with Crippen molar-refractivity contribution in [2.75, 3.05) is 11.5 Å². The van der Waals surface area contributed by atoms with Crippen molar-refractivity contribution in [2.24, 2.45) is 0 Å². The van der Waals surface area contributed by atoms with E-state index < -0.39 is 5.97 Å². The molecule has 0 saturated carbocycles. The second-order valence-electron chi connectivity index (χ2n) is 4.65. The summed E-state index contributed by atoms with van der Waals surface area (Å²) in [4.78, 5) is 24.6. The number of hydrogen-bond donors (Lipinski definition) is 1. The number of carbonyl (C=O) groups is 2. The molecule has 0 aliphatic rings. The Morgan fingerprint density at radius 2 is 1.90 bits per heavy atom. The summed E-state index contributed by atoms with van der Waals surface area (Å²) in [6, 6.07) is 9.98. The van der Waals surface area contributed by atoms with E-state index in [-0.39, 0.29) is 23.5 Å². The van der Waals surface area contributed by atoms with E-state index in [1.807, 2.05) is 49.1 Å². The van der Waals surface area contributed by atoms with Gasteiger partial charge in [-0.15, -0.1) is 11.8 Å². The van der Waals surface area contributed by atoms with Crippen LogP contribution in [-0.4, -0.2) is 39.4 Å². The molecule has 1 unspecified atom stereocenters. The van der Waals surface area contributed by atoms with E-state index >= 15 is 0 Å². The molecule has 110 valence electrons. The van der Waals surface area contributed by atoms with E-state index in [1.54, 1.807) is 0 Å². The van der Waals surface area contributed by atoms with E-state index in [1.165, 1.54) is 0 Å². The largest absolute Gasteiger partial charge is 0.481 e. The van der Waals surface area contributed by atoms with Crippen molar-refractivity contribution >= 4 is 23.6 Å². The lowest BCUT2D eigenvalue weighted by molar-refractivity contribution is -0.133. The minimum Gasteiger partial charge on any atom is -0.481 e. The maximum Gasteiger partial charge on any atom is 0.313 e. The quantitative estimate of drug-likeness (QED) is 0.801. The molecular weight excluding hydrogens is 274 g/mol. The zero-order valence-electron chi connectivity index (χ0n) is 11.9. The number of hydrogen-bond acceptors (Lipinski definition) is 3. The van der Waals surface area contributed by atoms with Crippen molar-refractivity contribution in [3.05, 3.63) is 35.9 Å². The summed E-state index contributed by atoms with van der Waals surface area (Å²) in [6.45, 7) is 4.63. The molecule has 0 spiro atoms. The standard InChI is InChI=1S/C15H21NO3S/c1-3-12(2)16(9-13-7-5-4-6-8-13)14(17)10-20-11-15(18)19/h4-8,12H,3,9-11H2,1-2H3,(H,18,19). The summed E-state index contributed by atoms with van der Waals surface area (Å²) in [5.41, 5.74) is 1.09. The minimum absolute atomic E-state index is 0.00514. The fourth-order valence-electron chi connectivity index (χ4n) is 1.80. The van der Waals surface area contributed by atoms with Gasteiger partial charge in [0.1, 0.15) is 0 Å². The first-order valence-electron chi connectivity index (χ1n) is 6.67. The number of carboxylic acids is 1. The van der Waals surface area contributed by atoms with Crippen LogP contribution in [0, 0.1) is 0 Å². The molecule has 1 amide bonds. The molecule has 0 heterocycles. The van der Waals surface area contributed by atoms with Crippen molar-refractivity contribution in [1.29, 1.82) is 0 Å². The van der Waals surface area contributed by atoms with Crippen LogP contribution in [0.2, 0.25) is 0 Å². The summed E-state index contributed by atoms with van der Waals surface area (Å²) in [5, 5.41) is 8.61. The first kappa shape index (κ1) is 16.6. The van der Waals surface area contributed by atoms with Crippen LogP contribution in [0.3, 0.4) is 0 Å². The van der Waals surface area contributed by atoms with Crippen molar-refractivity contribution in [3.63, 3.8) is 0 Å². The highest BCUT2D eigenvalue weighted by molar-refractivity contribution is 8.00. The second kappa shape index (κ2) is 8.64. The van der Waals surface area contributed by atoms with E-state index in [0.29, 0.717) is 6.54 Å². The highest BCUT2D eigenvalue weighted by Crippen LogP contribution is 2.13. The fourth-order valence-corrected chi connectivity index (χ4v) is 2.42. The van der Waals surface area contributed by atoms with E-state index in [2.05, 4.69) is 0 Å². The van der Waals surface area contributed by atoms with Crippen molar-refractivity contribution in [1.82, 2.24) is 4.90 Å². The SMILES string of the molecule is CCC(C)N(Cc1ccccc1)C(=O)CSCC(=O)O. The molecule has 0 aliphatic heterocycles. The maximum absolute atomic E-state index is 12.2. The van der Waals surface area contributed by atoms with Gasteiger partial charge in [-0.25, -0.2) is 0 Å². The van der Waals surface area contributed by atoms with Crippen LogP contribution in [0.5, 0.6) is 0 Å². The van der Waals surface area contributed by atoms with Crippen molar-refractivity contribution in [2.45, 2.75) is 32.9 Å². The van der Waals surface area contributed by atoms with Crippen molar-refractivity contribution in [3.8, 4) is 0 Å². The molecule has 1 rings (SSSR count). The molecule has 4 nitrogen and oxygen atoms in total. The number of nitrogens with zero attached hydrogens (tertiary/aromatic N) is 1. The summed E-state index contributed by atoms with van der Waals surface area (Å²) in [7, 11) is 0. The Morgan fingerprint density at radius 3 is 2.45 bits per heavy atom. The first-order valence-corrected chi connectivity index (χ1v) is 7.83. The van der Waals surface area contributed by atoms with Crippen LogP contribution in [0.15, 0.2) is 30.3 Å². The van der Waals surface area contributed by atoms with Gasteiger partial charge in [0, 0.05) is 12.6 Å². The van der Waals surface area contributed by atoms with Gasteiger partial charge in [0.15, 0.2) is 0 Å². The van der Waals surface area contributed by atoms with Gasteiger partial charge < -0.3 is 10.0 Å². The summed E-state index contributed by atoms with van der Waals surface area (Å²) in [6.07, 6.45) is 0.877. The van der Waals surface area contributed by atoms with Crippen LogP contribution in [-0.2, 0) is 16.1 Å². The van der Waals surface area contributed by atoms with E-state index in [0.717, 1.165) is 23.7 Å². The lowest BCUT2D eigenvalue weighted by Gasteiger charge is -2.28. The Labute approximate surface area is 124 Å². The normalized spacial score (nSPS) is 11.9. The molecule has 1 aromatic carbocycles. The van der Waals surface area contributed by atoms with Gasteiger partial charge in [-0.05, 0) is 18.9 Å². The smallest absolute Gasteiger partial charge is 0.313 e. The number of carboxylic acid groups (broad SMARTS) is 1. The predicted molar refractivity (Wildman–Crippen MR) is 81.7 cm³/mol. The van der Waals surface area contributed by atoms with Gasteiger partial charge in [0.25, 0.3) is 0 Å². The average molecular weight is 295 g/mol. The zero-order valence-corrected chi connectivity index (χ0v) is 12.7. The highest BCUT2D eigenvalue weighted by Gasteiger charge is 2.19. The van der Waals surface area contributed by atoms with Gasteiger partial charge in [-0.2, -0.15) is 0 Å². The monoisotopic (exact) mass is 295 g/mol. The third-order valence-corrected chi connectivity index (χ3v) is 3.99. The molecule has 0 radical (unpaired) electrons. The summed E-state index contributed by atoms with van der Waals surface area (Å²) < 4.78 is 0. The number of aliphatic carboxylic acids is 1. The molecular formula is C15H21NO3S. The lowest BCUT2D eigenvalue weighted by Crippen LogP contribution is -2.39. The third-order valence-electron chi connectivity index (χ3n) is 3.09. The molecule has 5 heteroatoms. The van der Waals surface area contributed by atoms with Gasteiger partial charge in [-0.3, -0.25) is 9.59 Å². The molecule has 0 aromatic heterocycles. The molecule has 0 fully saturated rings. The van der Waals surface area contributed by atoms with Crippen LogP contribution in [0.25, 0.3) is 0 Å². The highest BCUT2D eigenvalue weighted by atomic mass is 32.2. The topological polar surface area (TPSA) is 57.6 Å². The van der Waals surface area contributed by atoms with Gasteiger partial charge in [-0.1, -0.05) is 37.3 Å². The van der Waals surface area contributed by atoms with Gasteiger partial charge >= 0.3 is 5.97 Å². The Hall–Kier alpha value is -1.49. The van der Waals surface area contributed by atoms with Gasteiger partial charge in [0.05, 0.1) is 11.5 Å². The Bertz CT molecular complexity index is 436. The number of rotatable bonds is 8. The summed E-state index contributed by atoms with van der Waals surface area (Å²) >= 11 is 1.15.